The summed E-state index contributed by atoms with van der Waals surface area (Å²) in [4.78, 5) is 0.290. The van der Waals surface area contributed by atoms with Gasteiger partial charge in [-0.3, -0.25) is 0 Å². The van der Waals surface area contributed by atoms with Gasteiger partial charge in [-0.05, 0) is 56.7 Å². The van der Waals surface area contributed by atoms with Gasteiger partial charge in [0.2, 0.25) is 10.0 Å². The van der Waals surface area contributed by atoms with E-state index in [2.05, 4.69) is 6.92 Å². The van der Waals surface area contributed by atoms with Crippen molar-refractivity contribution in [2.45, 2.75) is 51.5 Å². The second-order valence-corrected chi connectivity index (χ2v) is 7.73. The van der Waals surface area contributed by atoms with Gasteiger partial charge < -0.3 is 5.73 Å². The summed E-state index contributed by atoms with van der Waals surface area (Å²) in [5, 5.41) is 0. The van der Waals surface area contributed by atoms with Crippen molar-refractivity contribution in [1.29, 1.82) is 0 Å². The zero-order chi connectivity index (χ0) is 15.1. The number of hydrogen-bond acceptors (Lipinski definition) is 3. The van der Waals surface area contributed by atoms with Gasteiger partial charge in [0.25, 0.3) is 0 Å². The average molecular weight is 296 g/mol. The van der Waals surface area contributed by atoms with Crippen LogP contribution >= 0.6 is 0 Å². The van der Waals surface area contributed by atoms with Crippen molar-refractivity contribution in [2.75, 3.05) is 12.3 Å². The standard InChI is InChI=1S/C15H24N2O2S/c1-10-7-8-14(16)15(12(10)3)20(18,19)17-9-5-6-11(2)13(17)4/h7-8,11,13H,5-6,9,16H2,1-4H3. The molecule has 0 bridgehead atoms. The quantitative estimate of drug-likeness (QED) is 0.853. The van der Waals surface area contributed by atoms with Crippen LogP contribution in [0, 0.1) is 19.8 Å². The van der Waals surface area contributed by atoms with Crippen LogP contribution in [0.25, 0.3) is 0 Å². The average Bonchev–Trinajstić information content (AvgIpc) is 2.37. The number of aryl methyl sites for hydroxylation is 1. The second-order valence-electron chi connectivity index (χ2n) is 5.90. The van der Waals surface area contributed by atoms with Crippen molar-refractivity contribution in [2.24, 2.45) is 5.92 Å². The van der Waals surface area contributed by atoms with Crippen LogP contribution in [0.1, 0.15) is 37.8 Å². The van der Waals surface area contributed by atoms with E-state index in [4.69, 9.17) is 5.73 Å². The minimum absolute atomic E-state index is 0.0214. The molecule has 0 aromatic heterocycles. The van der Waals surface area contributed by atoms with Crippen LogP contribution in [0.5, 0.6) is 0 Å². The molecule has 1 aromatic carbocycles. The minimum Gasteiger partial charge on any atom is -0.398 e. The Hall–Kier alpha value is -1.07. The molecule has 0 radical (unpaired) electrons. The van der Waals surface area contributed by atoms with E-state index in [0.717, 1.165) is 24.0 Å². The third-order valence-electron chi connectivity index (χ3n) is 4.59. The summed E-state index contributed by atoms with van der Waals surface area (Å²) in [6.07, 6.45) is 1.99. The van der Waals surface area contributed by atoms with E-state index in [1.807, 2.05) is 26.8 Å². The maximum absolute atomic E-state index is 13.0. The van der Waals surface area contributed by atoms with Crippen LogP contribution in [-0.4, -0.2) is 25.3 Å². The van der Waals surface area contributed by atoms with Crippen LogP contribution in [0.2, 0.25) is 0 Å². The Morgan fingerprint density at radius 1 is 1.25 bits per heavy atom. The van der Waals surface area contributed by atoms with Gasteiger partial charge in [-0.2, -0.15) is 4.31 Å². The van der Waals surface area contributed by atoms with Crippen molar-refractivity contribution in [3.05, 3.63) is 23.3 Å². The van der Waals surface area contributed by atoms with E-state index in [0.29, 0.717) is 23.0 Å². The molecule has 0 aliphatic carbocycles. The molecule has 112 valence electrons. The molecule has 20 heavy (non-hydrogen) atoms. The predicted octanol–water partition coefficient (Wildman–Crippen LogP) is 2.69. The molecule has 1 saturated heterocycles. The predicted molar refractivity (Wildman–Crippen MR) is 82.1 cm³/mol. The van der Waals surface area contributed by atoms with Crippen molar-refractivity contribution in [3.8, 4) is 0 Å². The maximum Gasteiger partial charge on any atom is 0.245 e. The third kappa shape index (κ3) is 2.44. The van der Waals surface area contributed by atoms with E-state index in [-0.39, 0.29) is 6.04 Å². The van der Waals surface area contributed by atoms with Gasteiger partial charge in [-0.1, -0.05) is 13.0 Å². The first kappa shape index (κ1) is 15.3. The monoisotopic (exact) mass is 296 g/mol. The van der Waals surface area contributed by atoms with Crippen LogP contribution in [0.3, 0.4) is 0 Å². The number of rotatable bonds is 2. The number of hydrogen-bond donors (Lipinski definition) is 1. The zero-order valence-corrected chi connectivity index (χ0v) is 13.5. The first-order valence-electron chi connectivity index (χ1n) is 7.14. The summed E-state index contributed by atoms with van der Waals surface area (Å²) < 4.78 is 27.6. The number of sulfonamides is 1. The molecule has 1 aliphatic heterocycles. The number of nitrogen functional groups attached to an aromatic ring is 1. The number of benzene rings is 1. The molecule has 2 atom stereocenters. The lowest BCUT2D eigenvalue weighted by Gasteiger charge is -2.37. The van der Waals surface area contributed by atoms with Crippen molar-refractivity contribution < 1.29 is 8.42 Å². The molecule has 0 saturated carbocycles. The van der Waals surface area contributed by atoms with Gasteiger partial charge in [-0.25, -0.2) is 8.42 Å². The molecular weight excluding hydrogens is 272 g/mol. The Labute approximate surface area is 122 Å². The molecule has 1 aromatic rings. The highest BCUT2D eigenvalue weighted by molar-refractivity contribution is 7.89. The Kier molecular flexibility index (Phi) is 4.12. The van der Waals surface area contributed by atoms with Crippen LogP contribution < -0.4 is 5.73 Å². The summed E-state index contributed by atoms with van der Waals surface area (Å²) in [6, 6.07) is 3.58. The normalized spacial score (nSPS) is 24.8. The number of nitrogens with zero attached hydrogens (tertiary/aromatic N) is 1. The molecule has 4 nitrogen and oxygen atoms in total. The summed E-state index contributed by atoms with van der Waals surface area (Å²) in [5.74, 6) is 0.380. The molecule has 0 amide bonds. The molecule has 1 aliphatic rings. The smallest absolute Gasteiger partial charge is 0.245 e. The van der Waals surface area contributed by atoms with E-state index in [9.17, 15) is 8.42 Å². The zero-order valence-electron chi connectivity index (χ0n) is 12.7. The first-order valence-corrected chi connectivity index (χ1v) is 8.58. The maximum atomic E-state index is 13.0. The highest BCUT2D eigenvalue weighted by atomic mass is 32.2. The van der Waals surface area contributed by atoms with E-state index in [1.165, 1.54) is 0 Å². The summed E-state index contributed by atoms with van der Waals surface area (Å²) in [7, 11) is -3.52. The Morgan fingerprint density at radius 3 is 2.55 bits per heavy atom. The van der Waals surface area contributed by atoms with Gasteiger partial charge in [0.1, 0.15) is 4.90 Å². The molecular formula is C15H24N2O2S. The fourth-order valence-electron chi connectivity index (χ4n) is 2.91. The van der Waals surface area contributed by atoms with Crippen LogP contribution in [-0.2, 0) is 10.0 Å². The molecule has 2 rings (SSSR count). The van der Waals surface area contributed by atoms with Gasteiger partial charge in [0.05, 0.1) is 5.69 Å². The largest absolute Gasteiger partial charge is 0.398 e. The fraction of sp³-hybridized carbons (Fsp3) is 0.600. The lowest BCUT2D eigenvalue weighted by atomic mass is 9.94. The number of anilines is 1. The second kappa shape index (κ2) is 5.37. The van der Waals surface area contributed by atoms with Crippen LogP contribution in [0.4, 0.5) is 5.69 Å². The third-order valence-corrected chi connectivity index (χ3v) is 6.78. The van der Waals surface area contributed by atoms with E-state index in [1.54, 1.807) is 10.4 Å². The highest BCUT2D eigenvalue weighted by Crippen LogP contribution is 2.33. The molecule has 2 N–H and O–H groups in total. The summed E-state index contributed by atoms with van der Waals surface area (Å²) >= 11 is 0. The molecule has 2 unspecified atom stereocenters. The Balaban J connectivity index is 2.53. The van der Waals surface area contributed by atoms with E-state index >= 15 is 0 Å². The number of piperidine rings is 1. The first-order chi connectivity index (χ1) is 9.26. The van der Waals surface area contributed by atoms with Gasteiger partial charge in [0, 0.05) is 12.6 Å². The molecule has 5 heteroatoms. The molecule has 0 spiro atoms. The van der Waals surface area contributed by atoms with E-state index < -0.39 is 10.0 Å². The Bertz CT molecular complexity index is 611. The minimum atomic E-state index is -3.52. The lowest BCUT2D eigenvalue weighted by Crippen LogP contribution is -2.46. The fourth-order valence-corrected chi connectivity index (χ4v) is 5.07. The van der Waals surface area contributed by atoms with Crippen molar-refractivity contribution >= 4 is 15.7 Å². The molecule has 1 heterocycles. The SMILES string of the molecule is Cc1ccc(N)c(S(=O)(=O)N2CCCC(C)C2C)c1C. The van der Waals surface area contributed by atoms with Crippen molar-refractivity contribution in [1.82, 2.24) is 4.31 Å². The van der Waals surface area contributed by atoms with Gasteiger partial charge in [-0.15, -0.1) is 0 Å². The van der Waals surface area contributed by atoms with Crippen LogP contribution in [0.15, 0.2) is 17.0 Å². The lowest BCUT2D eigenvalue weighted by molar-refractivity contribution is 0.202. The Morgan fingerprint density at radius 2 is 1.90 bits per heavy atom. The summed E-state index contributed by atoms with van der Waals surface area (Å²) in [5.41, 5.74) is 8.02. The van der Waals surface area contributed by atoms with Gasteiger partial charge >= 0.3 is 0 Å². The van der Waals surface area contributed by atoms with Crippen molar-refractivity contribution in [3.63, 3.8) is 0 Å². The topological polar surface area (TPSA) is 63.4 Å². The van der Waals surface area contributed by atoms with Gasteiger partial charge in [0.15, 0.2) is 0 Å². The highest BCUT2D eigenvalue weighted by Gasteiger charge is 2.36. The number of nitrogens with two attached hydrogens (primary N) is 1. The summed E-state index contributed by atoms with van der Waals surface area (Å²) in [6.45, 7) is 8.43. The molecule has 1 fully saturated rings.